The van der Waals surface area contributed by atoms with Gasteiger partial charge in [-0.25, -0.2) is 0 Å². The van der Waals surface area contributed by atoms with E-state index in [4.69, 9.17) is 5.53 Å². The highest BCUT2D eigenvalue weighted by Gasteiger charge is 2.25. The average molecular weight is 206 g/mol. The van der Waals surface area contributed by atoms with Crippen molar-refractivity contribution in [2.24, 2.45) is 0 Å². The number of fused-ring (bicyclic) bond motifs is 3. The number of benzene rings is 2. The normalized spacial score (nSPS) is 12.6. The highest BCUT2D eigenvalue weighted by Crippen LogP contribution is 2.32. The Morgan fingerprint density at radius 3 is 2.19 bits per heavy atom. The van der Waals surface area contributed by atoms with Crippen LogP contribution in [0.4, 0.5) is 0 Å². The van der Waals surface area contributed by atoms with Gasteiger partial charge in [-0.3, -0.25) is 0 Å². The number of rotatable bonds is 0. The maximum absolute atomic E-state index is 9.05. The lowest BCUT2D eigenvalue weighted by Gasteiger charge is -2.15. The molecule has 0 fully saturated rings. The number of hydrogen-bond donors (Lipinski definition) is 0. The van der Waals surface area contributed by atoms with Crippen LogP contribution in [0.15, 0.2) is 48.5 Å². The van der Waals surface area contributed by atoms with E-state index in [0.29, 0.717) is 6.42 Å². The molecule has 1 aliphatic carbocycles. The van der Waals surface area contributed by atoms with Gasteiger partial charge in [0.15, 0.2) is 0 Å². The maximum atomic E-state index is 9.05. The minimum Gasteiger partial charge on any atom is -0.361 e. The van der Waals surface area contributed by atoms with E-state index in [0.717, 1.165) is 16.8 Å². The van der Waals surface area contributed by atoms with Crippen molar-refractivity contribution in [3.63, 3.8) is 0 Å². The molecule has 0 aromatic heterocycles. The van der Waals surface area contributed by atoms with E-state index in [1.54, 1.807) is 0 Å². The first kappa shape index (κ1) is 9.08. The van der Waals surface area contributed by atoms with Crippen LogP contribution < -0.4 is 0 Å². The quantitative estimate of drug-likeness (QED) is 0.469. The van der Waals surface area contributed by atoms with E-state index < -0.39 is 0 Å². The summed E-state index contributed by atoms with van der Waals surface area (Å²) in [5.74, 6) is 0. The molecule has 3 rings (SSSR count). The molecule has 76 valence electrons. The summed E-state index contributed by atoms with van der Waals surface area (Å²) < 4.78 is 0. The van der Waals surface area contributed by atoms with Gasteiger partial charge >= 0.3 is 5.71 Å². The van der Waals surface area contributed by atoms with Crippen LogP contribution in [0.25, 0.3) is 16.7 Å². The fraction of sp³-hybridized carbons (Fsp3) is 0.0714. The van der Waals surface area contributed by atoms with Crippen LogP contribution in [0, 0.1) is 0 Å². The predicted molar refractivity (Wildman–Crippen MR) is 63.3 cm³/mol. The van der Waals surface area contributed by atoms with Crippen molar-refractivity contribution < 1.29 is 4.79 Å². The van der Waals surface area contributed by atoms with Crippen LogP contribution >= 0.6 is 0 Å². The van der Waals surface area contributed by atoms with Gasteiger partial charge in [0.1, 0.15) is 0 Å². The SMILES string of the molecule is [N-]=[N+]=C1Cc2ccccc2-c2ccccc21. The van der Waals surface area contributed by atoms with Crippen molar-refractivity contribution in [1.29, 1.82) is 0 Å². The summed E-state index contributed by atoms with van der Waals surface area (Å²) in [6.07, 6.45) is 0.698. The van der Waals surface area contributed by atoms with Gasteiger partial charge in [0, 0.05) is 0 Å². The molecule has 2 nitrogen and oxygen atoms in total. The summed E-state index contributed by atoms with van der Waals surface area (Å²) >= 11 is 0. The first-order valence-electron chi connectivity index (χ1n) is 5.29. The summed E-state index contributed by atoms with van der Waals surface area (Å²) in [7, 11) is 0. The van der Waals surface area contributed by atoms with Crippen molar-refractivity contribution in [2.45, 2.75) is 6.42 Å². The van der Waals surface area contributed by atoms with Crippen molar-refractivity contribution in [2.75, 3.05) is 0 Å². The zero-order valence-electron chi connectivity index (χ0n) is 8.72. The highest BCUT2D eigenvalue weighted by molar-refractivity contribution is 6.07. The Kier molecular flexibility index (Phi) is 1.95. The van der Waals surface area contributed by atoms with Gasteiger partial charge in [-0.05, 0) is 22.8 Å². The molecule has 2 aromatic carbocycles. The lowest BCUT2D eigenvalue weighted by atomic mass is 9.84. The molecular weight excluding hydrogens is 196 g/mol. The first-order valence-corrected chi connectivity index (χ1v) is 5.29. The minimum absolute atomic E-state index is 0.698. The van der Waals surface area contributed by atoms with Crippen molar-refractivity contribution in [3.8, 4) is 11.1 Å². The largest absolute Gasteiger partial charge is 0.361 e. The second-order valence-electron chi connectivity index (χ2n) is 3.93. The molecule has 16 heavy (non-hydrogen) atoms. The maximum Gasteiger partial charge on any atom is 0.304 e. The molecule has 0 saturated heterocycles. The van der Waals surface area contributed by atoms with Crippen LogP contribution in [0.1, 0.15) is 11.1 Å². The third-order valence-corrected chi connectivity index (χ3v) is 3.02. The van der Waals surface area contributed by atoms with Gasteiger partial charge in [0.25, 0.3) is 0 Å². The summed E-state index contributed by atoms with van der Waals surface area (Å²) in [6, 6.07) is 16.3. The molecule has 0 unspecified atom stereocenters. The standard InChI is InChI=1S/C14H10N2/c15-16-14-9-10-5-1-2-6-11(10)12-7-3-4-8-13(12)14/h1-8H,9H2. The molecule has 0 heterocycles. The van der Waals surface area contributed by atoms with Crippen molar-refractivity contribution >= 4 is 5.71 Å². The van der Waals surface area contributed by atoms with E-state index in [-0.39, 0.29) is 0 Å². The lowest BCUT2D eigenvalue weighted by Crippen LogP contribution is -2.14. The molecule has 0 aliphatic heterocycles. The molecular formula is C14H10N2. The Balaban J connectivity index is 2.37. The molecule has 0 amide bonds. The first-order chi connectivity index (χ1) is 7.90. The fourth-order valence-corrected chi connectivity index (χ4v) is 2.27. The highest BCUT2D eigenvalue weighted by atomic mass is 14.9. The third kappa shape index (κ3) is 1.21. The van der Waals surface area contributed by atoms with E-state index in [1.807, 2.05) is 30.3 Å². The Bertz CT molecular complexity index is 608. The van der Waals surface area contributed by atoms with Gasteiger partial charge in [-0.2, -0.15) is 4.79 Å². The fourth-order valence-electron chi connectivity index (χ4n) is 2.27. The molecule has 0 bridgehead atoms. The van der Waals surface area contributed by atoms with Crippen LogP contribution in [-0.4, -0.2) is 10.5 Å². The average Bonchev–Trinajstić information content (AvgIpc) is 2.38. The monoisotopic (exact) mass is 206 g/mol. The zero-order chi connectivity index (χ0) is 11.0. The van der Waals surface area contributed by atoms with Gasteiger partial charge < -0.3 is 5.53 Å². The van der Waals surface area contributed by atoms with Crippen LogP contribution in [-0.2, 0) is 6.42 Å². The minimum atomic E-state index is 0.698. The second kappa shape index (κ2) is 3.44. The van der Waals surface area contributed by atoms with E-state index >= 15 is 0 Å². The zero-order valence-corrected chi connectivity index (χ0v) is 8.72. The smallest absolute Gasteiger partial charge is 0.304 e. The Morgan fingerprint density at radius 2 is 1.44 bits per heavy atom. The molecule has 0 saturated carbocycles. The van der Waals surface area contributed by atoms with E-state index in [9.17, 15) is 0 Å². The molecule has 0 N–H and O–H groups in total. The summed E-state index contributed by atoms with van der Waals surface area (Å²) in [6.45, 7) is 0. The van der Waals surface area contributed by atoms with Gasteiger partial charge in [-0.1, -0.05) is 42.5 Å². The second-order valence-corrected chi connectivity index (χ2v) is 3.93. The topological polar surface area (TPSA) is 36.4 Å². The number of nitrogens with zero attached hydrogens (tertiary/aromatic N) is 2. The Hall–Kier alpha value is -2.18. The van der Waals surface area contributed by atoms with Gasteiger partial charge in [-0.15, -0.1) is 0 Å². The molecule has 0 spiro atoms. The third-order valence-electron chi connectivity index (χ3n) is 3.02. The Morgan fingerprint density at radius 1 is 0.812 bits per heavy atom. The summed E-state index contributed by atoms with van der Waals surface area (Å²) in [5.41, 5.74) is 14.4. The van der Waals surface area contributed by atoms with E-state index in [2.05, 4.69) is 23.0 Å². The van der Waals surface area contributed by atoms with Gasteiger partial charge in [0.2, 0.25) is 0 Å². The predicted octanol–water partition coefficient (Wildman–Crippen LogP) is 2.93. The molecule has 2 aromatic rings. The molecule has 0 radical (unpaired) electrons. The lowest BCUT2D eigenvalue weighted by molar-refractivity contribution is -0.00625. The van der Waals surface area contributed by atoms with E-state index in [1.165, 1.54) is 11.1 Å². The van der Waals surface area contributed by atoms with Crippen LogP contribution in [0.3, 0.4) is 0 Å². The molecule has 2 heteroatoms. The van der Waals surface area contributed by atoms with Gasteiger partial charge in [0.05, 0.1) is 12.0 Å². The summed E-state index contributed by atoms with van der Waals surface area (Å²) in [5, 5.41) is 0. The van der Waals surface area contributed by atoms with Crippen LogP contribution in [0.2, 0.25) is 0 Å². The van der Waals surface area contributed by atoms with Crippen molar-refractivity contribution in [1.82, 2.24) is 0 Å². The summed E-state index contributed by atoms with van der Waals surface area (Å²) in [4.78, 5) is 3.40. The van der Waals surface area contributed by atoms with Crippen LogP contribution in [0.5, 0.6) is 0 Å². The Labute approximate surface area is 93.8 Å². The molecule has 0 atom stereocenters. The molecule has 1 aliphatic rings. The van der Waals surface area contributed by atoms with Crippen molar-refractivity contribution in [3.05, 3.63) is 65.2 Å². The number of hydrogen-bond acceptors (Lipinski definition) is 0.